The predicted molar refractivity (Wildman–Crippen MR) is 67.2 cm³/mol. The lowest BCUT2D eigenvalue weighted by atomic mass is 10.2. The van der Waals surface area contributed by atoms with Gasteiger partial charge in [-0.25, -0.2) is 4.79 Å². The SMILES string of the molecule is CCOC(=O)C(F)=Cc1cc(Cl)c(Cl)c(Cl)c1. The molecule has 1 aromatic carbocycles. The van der Waals surface area contributed by atoms with Gasteiger partial charge in [-0.3, -0.25) is 0 Å². The van der Waals surface area contributed by atoms with Crippen molar-refractivity contribution >= 4 is 46.8 Å². The van der Waals surface area contributed by atoms with Crippen LogP contribution in [0, 0.1) is 0 Å². The van der Waals surface area contributed by atoms with Gasteiger partial charge >= 0.3 is 5.97 Å². The summed E-state index contributed by atoms with van der Waals surface area (Å²) >= 11 is 17.2. The van der Waals surface area contributed by atoms with E-state index in [4.69, 9.17) is 34.8 Å². The summed E-state index contributed by atoms with van der Waals surface area (Å²) in [6.07, 6.45) is 0.978. The van der Waals surface area contributed by atoms with E-state index < -0.39 is 11.8 Å². The van der Waals surface area contributed by atoms with Crippen molar-refractivity contribution in [2.75, 3.05) is 6.61 Å². The summed E-state index contributed by atoms with van der Waals surface area (Å²) in [5, 5.41) is 0.547. The van der Waals surface area contributed by atoms with E-state index in [1.165, 1.54) is 12.1 Å². The van der Waals surface area contributed by atoms with Gasteiger partial charge in [0.25, 0.3) is 0 Å². The molecule has 0 N–H and O–H groups in total. The maximum absolute atomic E-state index is 13.3. The number of carbonyl (C=O) groups excluding carboxylic acids is 1. The summed E-state index contributed by atoms with van der Waals surface area (Å²) < 4.78 is 17.8. The summed E-state index contributed by atoms with van der Waals surface area (Å²) in [7, 11) is 0. The molecule has 0 aromatic heterocycles. The molecule has 1 aromatic rings. The Morgan fingerprint density at radius 1 is 1.35 bits per heavy atom. The van der Waals surface area contributed by atoms with E-state index in [-0.39, 0.29) is 21.7 Å². The fourth-order valence-electron chi connectivity index (χ4n) is 1.06. The summed E-state index contributed by atoms with van der Waals surface area (Å²) in [5.41, 5.74) is 0.329. The molecule has 0 heterocycles. The van der Waals surface area contributed by atoms with Crippen LogP contribution in [0.25, 0.3) is 6.08 Å². The molecule has 0 amide bonds. The van der Waals surface area contributed by atoms with Crippen molar-refractivity contribution in [3.05, 3.63) is 38.6 Å². The Bertz CT molecular complexity index is 449. The number of hydrogen-bond donors (Lipinski definition) is 0. The van der Waals surface area contributed by atoms with E-state index in [2.05, 4.69) is 4.74 Å². The molecule has 0 radical (unpaired) electrons. The van der Waals surface area contributed by atoms with Crippen LogP contribution in [0.5, 0.6) is 0 Å². The molecule has 0 unspecified atom stereocenters. The zero-order valence-corrected chi connectivity index (χ0v) is 11.0. The largest absolute Gasteiger partial charge is 0.461 e. The number of benzene rings is 1. The maximum Gasteiger partial charge on any atom is 0.367 e. The molecule has 92 valence electrons. The van der Waals surface area contributed by atoms with Crippen molar-refractivity contribution in [1.29, 1.82) is 0 Å². The second kappa shape index (κ2) is 6.24. The number of carbonyl (C=O) groups is 1. The molecular weight excluding hydrogens is 289 g/mol. The number of halogens is 4. The first-order valence-electron chi connectivity index (χ1n) is 4.64. The van der Waals surface area contributed by atoms with Crippen LogP contribution < -0.4 is 0 Å². The molecule has 0 aliphatic carbocycles. The van der Waals surface area contributed by atoms with E-state index in [1.54, 1.807) is 6.92 Å². The molecule has 2 nitrogen and oxygen atoms in total. The number of esters is 1. The molecule has 0 atom stereocenters. The van der Waals surface area contributed by atoms with Crippen LogP contribution in [0.4, 0.5) is 4.39 Å². The van der Waals surface area contributed by atoms with E-state index in [9.17, 15) is 9.18 Å². The van der Waals surface area contributed by atoms with E-state index in [1.807, 2.05) is 0 Å². The highest BCUT2D eigenvalue weighted by atomic mass is 35.5. The normalized spacial score (nSPS) is 11.5. The molecule has 0 bridgehead atoms. The van der Waals surface area contributed by atoms with Gasteiger partial charge in [0, 0.05) is 0 Å². The standard InChI is InChI=1S/C11H8Cl3FO2/c1-2-17-11(16)9(15)5-6-3-7(12)10(14)8(13)4-6/h3-5H,2H2,1H3. The third kappa shape index (κ3) is 3.87. The minimum Gasteiger partial charge on any atom is -0.461 e. The Morgan fingerprint density at radius 3 is 2.35 bits per heavy atom. The fraction of sp³-hybridized carbons (Fsp3) is 0.182. The quantitative estimate of drug-likeness (QED) is 0.466. The van der Waals surface area contributed by atoms with Crippen molar-refractivity contribution in [2.45, 2.75) is 6.92 Å². The predicted octanol–water partition coefficient (Wildman–Crippen LogP) is 4.52. The summed E-state index contributed by atoms with van der Waals surface area (Å²) in [6.45, 7) is 1.68. The summed E-state index contributed by atoms with van der Waals surface area (Å²) in [4.78, 5) is 11.0. The van der Waals surface area contributed by atoms with Crippen LogP contribution in [-0.4, -0.2) is 12.6 Å². The first-order chi connectivity index (χ1) is 7.95. The molecule has 1 rings (SSSR count). The fourth-order valence-corrected chi connectivity index (χ4v) is 1.68. The molecule has 17 heavy (non-hydrogen) atoms. The lowest BCUT2D eigenvalue weighted by Crippen LogP contribution is -2.03. The Hall–Kier alpha value is -0.770. The lowest BCUT2D eigenvalue weighted by molar-refractivity contribution is -0.140. The van der Waals surface area contributed by atoms with Gasteiger partial charge in [0.1, 0.15) is 0 Å². The van der Waals surface area contributed by atoms with Crippen molar-refractivity contribution in [3.63, 3.8) is 0 Å². The van der Waals surface area contributed by atoms with Crippen LogP contribution >= 0.6 is 34.8 Å². The van der Waals surface area contributed by atoms with Crippen LogP contribution in [-0.2, 0) is 9.53 Å². The molecule has 0 fully saturated rings. The minimum absolute atomic E-state index is 0.0994. The first kappa shape index (κ1) is 14.3. The summed E-state index contributed by atoms with van der Waals surface area (Å²) in [5.74, 6) is -2.06. The topological polar surface area (TPSA) is 26.3 Å². The molecule has 6 heteroatoms. The average Bonchev–Trinajstić information content (AvgIpc) is 2.26. The van der Waals surface area contributed by atoms with Crippen molar-refractivity contribution in [2.24, 2.45) is 0 Å². The second-order valence-electron chi connectivity index (χ2n) is 3.01. The Morgan fingerprint density at radius 2 is 1.88 bits per heavy atom. The third-order valence-corrected chi connectivity index (χ3v) is 2.97. The van der Waals surface area contributed by atoms with Crippen molar-refractivity contribution in [3.8, 4) is 0 Å². The Kier molecular flexibility index (Phi) is 5.25. The molecule has 0 saturated heterocycles. The molecule has 0 saturated carbocycles. The van der Waals surface area contributed by atoms with Gasteiger partial charge in [-0.05, 0) is 30.7 Å². The maximum atomic E-state index is 13.3. The van der Waals surface area contributed by atoms with Gasteiger partial charge in [0.2, 0.25) is 5.83 Å². The highest BCUT2D eigenvalue weighted by Crippen LogP contribution is 2.31. The van der Waals surface area contributed by atoms with Gasteiger partial charge < -0.3 is 4.74 Å². The van der Waals surface area contributed by atoms with Crippen LogP contribution in [0.2, 0.25) is 15.1 Å². The number of hydrogen-bond acceptors (Lipinski definition) is 2. The van der Waals surface area contributed by atoms with Crippen LogP contribution in [0.3, 0.4) is 0 Å². The lowest BCUT2D eigenvalue weighted by Gasteiger charge is -2.02. The van der Waals surface area contributed by atoms with E-state index in [0.717, 1.165) is 6.08 Å². The smallest absolute Gasteiger partial charge is 0.367 e. The summed E-state index contributed by atoms with van der Waals surface area (Å²) in [6, 6.07) is 2.79. The van der Waals surface area contributed by atoms with Gasteiger partial charge in [0.05, 0.1) is 21.7 Å². The minimum atomic E-state index is -1.03. The average molecular weight is 298 g/mol. The van der Waals surface area contributed by atoms with Gasteiger partial charge in [-0.1, -0.05) is 34.8 Å². The number of ether oxygens (including phenoxy) is 1. The van der Waals surface area contributed by atoms with E-state index in [0.29, 0.717) is 5.56 Å². The van der Waals surface area contributed by atoms with Crippen LogP contribution in [0.1, 0.15) is 12.5 Å². The highest BCUT2D eigenvalue weighted by molar-refractivity contribution is 6.48. The zero-order chi connectivity index (χ0) is 13.0. The molecule has 0 aliphatic heterocycles. The second-order valence-corrected chi connectivity index (χ2v) is 4.20. The van der Waals surface area contributed by atoms with Crippen molar-refractivity contribution in [1.82, 2.24) is 0 Å². The number of rotatable bonds is 3. The molecule has 0 spiro atoms. The van der Waals surface area contributed by atoms with Gasteiger partial charge in [0.15, 0.2) is 0 Å². The molecular formula is C11H8Cl3FO2. The monoisotopic (exact) mass is 296 g/mol. The third-order valence-electron chi connectivity index (χ3n) is 1.77. The Labute approximate surface area is 113 Å². The van der Waals surface area contributed by atoms with Crippen LogP contribution in [0.15, 0.2) is 18.0 Å². The first-order valence-corrected chi connectivity index (χ1v) is 5.78. The van der Waals surface area contributed by atoms with Crippen molar-refractivity contribution < 1.29 is 13.9 Å². The van der Waals surface area contributed by atoms with Gasteiger partial charge in [-0.2, -0.15) is 4.39 Å². The van der Waals surface area contributed by atoms with Gasteiger partial charge in [-0.15, -0.1) is 0 Å². The van der Waals surface area contributed by atoms with E-state index >= 15 is 0 Å². The molecule has 0 aliphatic rings. The Balaban J connectivity index is 3.02. The highest BCUT2D eigenvalue weighted by Gasteiger charge is 2.11. The zero-order valence-electron chi connectivity index (χ0n) is 8.77.